The van der Waals surface area contributed by atoms with Crippen LogP contribution in [0.25, 0.3) is 5.65 Å². The monoisotopic (exact) mass is 463 g/mol. The summed E-state index contributed by atoms with van der Waals surface area (Å²) in [5, 5.41) is 14.9. The molecule has 5 rings (SSSR count). The van der Waals surface area contributed by atoms with Crippen LogP contribution in [0.5, 0.6) is 0 Å². The van der Waals surface area contributed by atoms with Gasteiger partial charge in [-0.3, -0.25) is 9.78 Å². The summed E-state index contributed by atoms with van der Waals surface area (Å²) in [6.45, 7) is 0. The molecule has 180 valence electrons. The zero-order valence-electron chi connectivity index (χ0n) is 19.3. The molecule has 0 spiro atoms. The third-order valence-electron chi connectivity index (χ3n) is 6.89. The molecule has 0 atom stereocenters. The van der Waals surface area contributed by atoms with Crippen LogP contribution >= 0.6 is 0 Å². The molecule has 0 unspecified atom stereocenters. The van der Waals surface area contributed by atoms with Crippen molar-refractivity contribution in [2.24, 2.45) is 11.5 Å². The second-order valence-electron chi connectivity index (χ2n) is 9.52. The zero-order valence-corrected chi connectivity index (χ0v) is 19.3. The molecule has 2 aliphatic carbocycles. The molecule has 0 bridgehead atoms. The minimum absolute atomic E-state index is 0.276. The van der Waals surface area contributed by atoms with E-state index in [1.807, 2.05) is 6.07 Å². The van der Waals surface area contributed by atoms with Gasteiger partial charge in [0.1, 0.15) is 5.82 Å². The molecule has 2 fully saturated rings. The first-order valence-corrected chi connectivity index (χ1v) is 12.2. The highest BCUT2D eigenvalue weighted by Crippen LogP contribution is 2.28. The van der Waals surface area contributed by atoms with Gasteiger partial charge in [0.25, 0.3) is 5.91 Å². The summed E-state index contributed by atoms with van der Waals surface area (Å²) in [4.78, 5) is 21.6. The van der Waals surface area contributed by atoms with E-state index in [1.54, 1.807) is 35.2 Å². The molecule has 0 aliphatic heterocycles. The number of rotatable bonds is 6. The van der Waals surface area contributed by atoms with Crippen molar-refractivity contribution in [1.82, 2.24) is 19.6 Å². The molecule has 0 radical (unpaired) electrons. The van der Waals surface area contributed by atoms with Gasteiger partial charge in [-0.25, -0.2) is 9.50 Å². The number of hydrogen-bond donors (Lipinski definition) is 5. The maximum absolute atomic E-state index is 13.1. The van der Waals surface area contributed by atoms with Crippen molar-refractivity contribution in [3.8, 4) is 0 Å². The van der Waals surface area contributed by atoms with Gasteiger partial charge in [0, 0.05) is 48.3 Å². The second-order valence-corrected chi connectivity index (χ2v) is 9.52. The van der Waals surface area contributed by atoms with E-state index < -0.39 is 0 Å². The molecule has 1 amide bonds. The highest BCUT2D eigenvalue weighted by Gasteiger charge is 2.24. The zero-order chi connectivity index (χ0) is 23.5. The number of fused-ring (bicyclic) bond motifs is 1. The molecule has 0 aromatic carbocycles. The third-order valence-corrected chi connectivity index (χ3v) is 6.89. The summed E-state index contributed by atoms with van der Waals surface area (Å²) >= 11 is 0. The van der Waals surface area contributed by atoms with Gasteiger partial charge >= 0.3 is 0 Å². The van der Waals surface area contributed by atoms with Crippen LogP contribution in [0.15, 0.2) is 36.8 Å². The number of amides is 1. The lowest BCUT2D eigenvalue weighted by Crippen LogP contribution is -2.34. The number of hydrogen-bond acceptors (Lipinski definition) is 8. The standard InChI is InChI=1S/C24H33N9O/c25-15-1-5-17(6-2-15)29-20-13-22(30-18-7-3-16(26)4-8-18)32-33-21(14-28-23(20)33)24(34)31-19-9-11-27-12-10-19/h9-18,29H,1-8,25-26H2,(H,30,32)(H,27,31,34). The molecule has 3 heterocycles. The van der Waals surface area contributed by atoms with Crippen LogP contribution in [0.3, 0.4) is 0 Å². The minimum Gasteiger partial charge on any atom is -0.379 e. The summed E-state index contributed by atoms with van der Waals surface area (Å²) in [6, 6.07) is 6.68. The fourth-order valence-electron chi connectivity index (χ4n) is 4.89. The number of nitrogens with two attached hydrogens (primary N) is 2. The maximum Gasteiger partial charge on any atom is 0.276 e. The Kier molecular flexibility index (Phi) is 6.59. The minimum atomic E-state index is -0.276. The number of pyridine rings is 1. The Hall–Kier alpha value is -3.24. The summed E-state index contributed by atoms with van der Waals surface area (Å²) in [6.07, 6.45) is 12.9. The number of carbonyl (C=O) groups excluding carboxylic acids is 1. The van der Waals surface area contributed by atoms with E-state index in [2.05, 4.69) is 25.9 Å². The van der Waals surface area contributed by atoms with Gasteiger partial charge in [-0.15, -0.1) is 5.10 Å². The molecule has 0 saturated heterocycles. The molecule has 10 heteroatoms. The fraction of sp³-hybridized carbons (Fsp3) is 0.500. The van der Waals surface area contributed by atoms with E-state index in [4.69, 9.17) is 16.6 Å². The third kappa shape index (κ3) is 5.13. The van der Waals surface area contributed by atoms with Crippen LogP contribution in [0.4, 0.5) is 17.2 Å². The topological polar surface area (TPSA) is 148 Å². The maximum atomic E-state index is 13.1. The van der Waals surface area contributed by atoms with E-state index in [0.29, 0.717) is 29.1 Å². The average Bonchev–Trinajstić information content (AvgIpc) is 3.27. The lowest BCUT2D eigenvalue weighted by molar-refractivity contribution is 0.102. The number of aromatic nitrogens is 4. The fourth-order valence-corrected chi connectivity index (χ4v) is 4.89. The van der Waals surface area contributed by atoms with Gasteiger partial charge in [0.05, 0.1) is 11.9 Å². The van der Waals surface area contributed by atoms with Crippen molar-refractivity contribution in [3.63, 3.8) is 0 Å². The number of imidazole rings is 1. The van der Waals surface area contributed by atoms with Crippen LogP contribution in [0, 0.1) is 0 Å². The quantitative estimate of drug-likeness (QED) is 0.375. The summed E-state index contributed by atoms with van der Waals surface area (Å²) in [5.41, 5.74) is 14.7. The number of carbonyl (C=O) groups is 1. The molecule has 2 aliphatic rings. The molecular weight excluding hydrogens is 430 g/mol. The highest BCUT2D eigenvalue weighted by molar-refractivity contribution is 6.03. The van der Waals surface area contributed by atoms with Crippen molar-refractivity contribution in [2.75, 3.05) is 16.0 Å². The Balaban J connectivity index is 1.44. The summed E-state index contributed by atoms with van der Waals surface area (Å²) in [5.74, 6) is 0.445. The number of anilines is 3. The molecule has 34 heavy (non-hydrogen) atoms. The molecule has 3 aromatic rings. The van der Waals surface area contributed by atoms with Crippen molar-refractivity contribution >= 4 is 28.7 Å². The summed E-state index contributed by atoms with van der Waals surface area (Å²) < 4.78 is 1.63. The molecule has 3 aromatic heterocycles. The van der Waals surface area contributed by atoms with Crippen molar-refractivity contribution in [1.29, 1.82) is 0 Å². The van der Waals surface area contributed by atoms with Gasteiger partial charge in [0.15, 0.2) is 11.3 Å². The first kappa shape index (κ1) is 22.5. The largest absolute Gasteiger partial charge is 0.379 e. The van der Waals surface area contributed by atoms with E-state index in [0.717, 1.165) is 62.9 Å². The molecular formula is C24H33N9O. The molecule has 2 saturated carbocycles. The van der Waals surface area contributed by atoms with Gasteiger partial charge in [-0.2, -0.15) is 0 Å². The van der Waals surface area contributed by atoms with E-state index in [9.17, 15) is 4.79 Å². The first-order valence-electron chi connectivity index (χ1n) is 12.2. The normalized spacial score (nSPS) is 25.1. The Bertz CT molecular complexity index is 1120. The Morgan fingerprint density at radius 1 is 0.912 bits per heavy atom. The van der Waals surface area contributed by atoms with E-state index in [1.165, 1.54) is 0 Å². The number of nitrogens with one attached hydrogen (secondary N) is 3. The smallest absolute Gasteiger partial charge is 0.276 e. The SMILES string of the molecule is NC1CCC(Nc2cc(NC3CCC(N)CC3)c3ncc(C(=O)Nc4ccncc4)n3n2)CC1. The van der Waals surface area contributed by atoms with Gasteiger partial charge in [0.2, 0.25) is 0 Å². The highest BCUT2D eigenvalue weighted by atomic mass is 16.2. The predicted molar refractivity (Wildman–Crippen MR) is 133 cm³/mol. The van der Waals surface area contributed by atoms with Crippen LogP contribution < -0.4 is 27.4 Å². The van der Waals surface area contributed by atoms with Gasteiger partial charge < -0.3 is 27.4 Å². The first-order chi connectivity index (χ1) is 16.5. The van der Waals surface area contributed by atoms with Crippen molar-refractivity contribution in [2.45, 2.75) is 75.5 Å². The van der Waals surface area contributed by atoms with Crippen LogP contribution in [-0.4, -0.2) is 49.7 Å². The Morgan fingerprint density at radius 2 is 1.53 bits per heavy atom. The predicted octanol–water partition coefficient (Wildman–Crippen LogP) is 2.74. The van der Waals surface area contributed by atoms with Crippen LogP contribution in [0.2, 0.25) is 0 Å². The number of nitrogens with zero attached hydrogens (tertiary/aromatic N) is 4. The van der Waals surface area contributed by atoms with Crippen LogP contribution in [0.1, 0.15) is 61.9 Å². The second kappa shape index (κ2) is 9.94. The lowest BCUT2D eigenvalue weighted by Gasteiger charge is -2.29. The molecule has 7 N–H and O–H groups in total. The Labute approximate surface area is 198 Å². The van der Waals surface area contributed by atoms with Gasteiger partial charge in [-0.05, 0) is 63.5 Å². The Morgan fingerprint density at radius 3 is 2.18 bits per heavy atom. The molecule has 10 nitrogen and oxygen atoms in total. The average molecular weight is 464 g/mol. The van der Waals surface area contributed by atoms with Gasteiger partial charge in [-0.1, -0.05) is 0 Å². The van der Waals surface area contributed by atoms with Crippen molar-refractivity contribution in [3.05, 3.63) is 42.5 Å². The van der Waals surface area contributed by atoms with E-state index in [-0.39, 0.29) is 18.0 Å². The van der Waals surface area contributed by atoms with Crippen molar-refractivity contribution < 1.29 is 4.79 Å². The summed E-state index contributed by atoms with van der Waals surface area (Å²) in [7, 11) is 0. The lowest BCUT2D eigenvalue weighted by atomic mass is 9.91. The van der Waals surface area contributed by atoms with Crippen LogP contribution in [-0.2, 0) is 0 Å². The van der Waals surface area contributed by atoms with E-state index >= 15 is 0 Å².